The lowest BCUT2D eigenvalue weighted by molar-refractivity contribution is 0.122. The second kappa shape index (κ2) is 5.31. The Morgan fingerprint density at radius 1 is 1.47 bits per heavy atom. The van der Waals surface area contributed by atoms with Crippen molar-refractivity contribution >= 4 is 5.82 Å². The van der Waals surface area contributed by atoms with Crippen molar-refractivity contribution in [2.24, 2.45) is 0 Å². The number of nitrogen functional groups attached to an aromatic ring is 1. The highest BCUT2D eigenvalue weighted by molar-refractivity contribution is 5.43. The molecule has 5 heteroatoms. The van der Waals surface area contributed by atoms with Gasteiger partial charge in [-0.25, -0.2) is 9.97 Å². The maximum atomic E-state index is 5.75. The summed E-state index contributed by atoms with van der Waals surface area (Å²) in [6.45, 7) is 3.71. The molecule has 5 nitrogen and oxygen atoms in total. The monoisotopic (exact) mass is 236 g/mol. The molecule has 2 rings (SSSR count). The van der Waals surface area contributed by atoms with Crippen molar-refractivity contribution in [2.75, 3.05) is 25.9 Å². The molecule has 2 N–H and O–H groups in total. The van der Waals surface area contributed by atoms with E-state index in [1.807, 2.05) is 6.92 Å². The molecule has 1 aliphatic heterocycles. The SMILES string of the molecule is Cc1c(N)ncnc1OCC1CCCCN1C. The van der Waals surface area contributed by atoms with Gasteiger partial charge in [-0.1, -0.05) is 6.42 Å². The third-order valence-electron chi connectivity index (χ3n) is 3.41. The summed E-state index contributed by atoms with van der Waals surface area (Å²) in [7, 11) is 2.15. The van der Waals surface area contributed by atoms with Crippen LogP contribution in [0.25, 0.3) is 0 Å². The zero-order valence-corrected chi connectivity index (χ0v) is 10.5. The molecule has 1 saturated heterocycles. The maximum absolute atomic E-state index is 5.75. The van der Waals surface area contributed by atoms with Crippen LogP contribution in [-0.4, -0.2) is 41.1 Å². The number of anilines is 1. The molecular formula is C12H20N4O. The van der Waals surface area contributed by atoms with Crippen molar-refractivity contribution in [1.82, 2.24) is 14.9 Å². The summed E-state index contributed by atoms with van der Waals surface area (Å²) in [5.74, 6) is 1.10. The Morgan fingerprint density at radius 3 is 3.06 bits per heavy atom. The van der Waals surface area contributed by atoms with E-state index in [9.17, 15) is 0 Å². The minimum atomic E-state index is 0.485. The number of nitrogens with two attached hydrogens (primary N) is 1. The van der Waals surface area contributed by atoms with E-state index in [2.05, 4.69) is 21.9 Å². The number of likely N-dealkylation sites (tertiary alicyclic amines) is 1. The minimum absolute atomic E-state index is 0.485. The quantitative estimate of drug-likeness (QED) is 0.855. The van der Waals surface area contributed by atoms with Crippen molar-refractivity contribution < 1.29 is 4.74 Å². The van der Waals surface area contributed by atoms with E-state index >= 15 is 0 Å². The molecule has 17 heavy (non-hydrogen) atoms. The van der Waals surface area contributed by atoms with E-state index < -0.39 is 0 Å². The summed E-state index contributed by atoms with van der Waals surface area (Å²) in [4.78, 5) is 10.4. The number of hydrogen-bond acceptors (Lipinski definition) is 5. The molecule has 0 aliphatic carbocycles. The average Bonchev–Trinajstić information content (AvgIpc) is 2.33. The molecule has 0 bridgehead atoms. The summed E-state index contributed by atoms with van der Waals surface area (Å²) >= 11 is 0. The highest BCUT2D eigenvalue weighted by Crippen LogP contribution is 2.20. The zero-order chi connectivity index (χ0) is 12.3. The van der Waals surface area contributed by atoms with Crippen LogP contribution in [0.5, 0.6) is 5.88 Å². The largest absolute Gasteiger partial charge is 0.476 e. The van der Waals surface area contributed by atoms with Gasteiger partial charge >= 0.3 is 0 Å². The third-order valence-corrected chi connectivity index (χ3v) is 3.41. The number of nitrogens with zero attached hydrogens (tertiary/aromatic N) is 3. The van der Waals surface area contributed by atoms with Gasteiger partial charge in [-0.3, -0.25) is 0 Å². The molecule has 1 atom stereocenters. The second-order valence-corrected chi connectivity index (χ2v) is 4.63. The lowest BCUT2D eigenvalue weighted by Gasteiger charge is -2.32. The van der Waals surface area contributed by atoms with Crippen molar-refractivity contribution in [1.29, 1.82) is 0 Å². The number of piperidine rings is 1. The van der Waals surface area contributed by atoms with Gasteiger partial charge in [0, 0.05) is 6.04 Å². The summed E-state index contributed by atoms with van der Waals surface area (Å²) in [5, 5.41) is 0. The third kappa shape index (κ3) is 2.85. The second-order valence-electron chi connectivity index (χ2n) is 4.63. The van der Waals surface area contributed by atoms with Gasteiger partial charge in [-0.05, 0) is 33.4 Å². The van der Waals surface area contributed by atoms with Crippen molar-refractivity contribution in [3.05, 3.63) is 11.9 Å². The fraction of sp³-hybridized carbons (Fsp3) is 0.667. The standard InChI is InChI=1S/C12H20N4O/c1-9-11(13)14-8-15-12(9)17-7-10-5-3-4-6-16(10)2/h8,10H,3-7H2,1-2H3,(H2,13,14,15). The van der Waals surface area contributed by atoms with Crippen LogP contribution in [0.3, 0.4) is 0 Å². The number of aromatic nitrogens is 2. The Labute approximate surface area is 102 Å². The Kier molecular flexibility index (Phi) is 3.78. The fourth-order valence-corrected chi connectivity index (χ4v) is 2.12. The molecule has 1 unspecified atom stereocenters. The Hall–Kier alpha value is -1.36. The highest BCUT2D eigenvalue weighted by atomic mass is 16.5. The maximum Gasteiger partial charge on any atom is 0.221 e. The first-order valence-electron chi connectivity index (χ1n) is 6.08. The molecule has 1 aliphatic rings. The van der Waals surface area contributed by atoms with E-state index in [-0.39, 0.29) is 0 Å². The molecule has 1 fully saturated rings. The van der Waals surface area contributed by atoms with Gasteiger partial charge in [0.15, 0.2) is 0 Å². The first-order chi connectivity index (χ1) is 8.18. The zero-order valence-electron chi connectivity index (χ0n) is 10.5. The van der Waals surface area contributed by atoms with Gasteiger partial charge in [0.05, 0.1) is 5.56 Å². The smallest absolute Gasteiger partial charge is 0.221 e. The van der Waals surface area contributed by atoms with Crippen LogP contribution >= 0.6 is 0 Å². The predicted octanol–water partition coefficient (Wildman–Crippen LogP) is 1.23. The van der Waals surface area contributed by atoms with E-state index in [4.69, 9.17) is 10.5 Å². The number of likely N-dealkylation sites (N-methyl/N-ethyl adjacent to an activating group) is 1. The van der Waals surface area contributed by atoms with E-state index in [0.717, 1.165) is 12.1 Å². The number of ether oxygens (including phenoxy) is 1. The van der Waals surface area contributed by atoms with Crippen LogP contribution in [0.1, 0.15) is 24.8 Å². The van der Waals surface area contributed by atoms with Crippen LogP contribution in [-0.2, 0) is 0 Å². The summed E-state index contributed by atoms with van der Waals surface area (Å²) < 4.78 is 5.75. The van der Waals surface area contributed by atoms with Crippen LogP contribution < -0.4 is 10.5 Å². The molecule has 94 valence electrons. The van der Waals surface area contributed by atoms with E-state index in [1.54, 1.807) is 0 Å². The molecule has 2 heterocycles. The van der Waals surface area contributed by atoms with Crippen LogP contribution in [0.2, 0.25) is 0 Å². The van der Waals surface area contributed by atoms with Gasteiger partial charge in [-0.2, -0.15) is 0 Å². The summed E-state index contributed by atoms with van der Waals surface area (Å²) in [6.07, 6.45) is 5.20. The van der Waals surface area contributed by atoms with Gasteiger partial charge in [0.2, 0.25) is 5.88 Å². The van der Waals surface area contributed by atoms with Gasteiger partial charge < -0.3 is 15.4 Å². The van der Waals surface area contributed by atoms with Crippen molar-refractivity contribution in [2.45, 2.75) is 32.2 Å². The Balaban J connectivity index is 1.95. The minimum Gasteiger partial charge on any atom is -0.476 e. The first-order valence-corrected chi connectivity index (χ1v) is 6.08. The van der Waals surface area contributed by atoms with Crippen molar-refractivity contribution in [3.63, 3.8) is 0 Å². The van der Waals surface area contributed by atoms with Gasteiger partial charge in [0.25, 0.3) is 0 Å². The van der Waals surface area contributed by atoms with Gasteiger partial charge in [0.1, 0.15) is 18.8 Å². The van der Waals surface area contributed by atoms with Crippen LogP contribution in [0.15, 0.2) is 6.33 Å². The number of rotatable bonds is 3. The molecular weight excluding hydrogens is 216 g/mol. The van der Waals surface area contributed by atoms with E-state index in [1.165, 1.54) is 25.6 Å². The normalized spacial score (nSPS) is 21.4. The predicted molar refractivity (Wildman–Crippen MR) is 66.9 cm³/mol. The molecule has 0 aromatic carbocycles. The average molecular weight is 236 g/mol. The molecule has 1 aromatic rings. The molecule has 1 aromatic heterocycles. The topological polar surface area (TPSA) is 64.3 Å². The highest BCUT2D eigenvalue weighted by Gasteiger charge is 2.20. The fourth-order valence-electron chi connectivity index (χ4n) is 2.12. The first kappa shape index (κ1) is 12.1. The van der Waals surface area contributed by atoms with Crippen LogP contribution in [0.4, 0.5) is 5.82 Å². The van der Waals surface area contributed by atoms with E-state index in [0.29, 0.717) is 24.3 Å². The number of hydrogen-bond donors (Lipinski definition) is 1. The molecule has 0 spiro atoms. The molecule has 0 saturated carbocycles. The van der Waals surface area contributed by atoms with Crippen molar-refractivity contribution in [3.8, 4) is 5.88 Å². The Bertz CT molecular complexity index is 383. The summed E-state index contributed by atoms with van der Waals surface area (Å²) in [6, 6.07) is 0.485. The lowest BCUT2D eigenvalue weighted by atomic mass is 10.0. The molecule has 0 radical (unpaired) electrons. The summed E-state index contributed by atoms with van der Waals surface area (Å²) in [5.41, 5.74) is 6.54. The molecule has 0 amide bonds. The van der Waals surface area contributed by atoms with Gasteiger partial charge in [-0.15, -0.1) is 0 Å². The van der Waals surface area contributed by atoms with Crippen LogP contribution in [0, 0.1) is 6.92 Å². The lowest BCUT2D eigenvalue weighted by Crippen LogP contribution is -2.40. The Morgan fingerprint density at radius 2 is 2.29 bits per heavy atom.